The number of rotatable bonds is 3. The van der Waals surface area contributed by atoms with Crippen LogP contribution in [0.1, 0.15) is 18.2 Å². The smallest absolute Gasteiger partial charge is 0.384 e. The summed E-state index contributed by atoms with van der Waals surface area (Å²) in [5.41, 5.74) is 2.51. The summed E-state index contributed by atoms with van der Waals surface area (Å²) in [6.07, 6.45) is 0.590. The molecule has 0 aliphatic carbocycles. The van der Waals surface area contributed by atoms with Gasteiger partial charge in [-0.25, -0.2) is 9.95 Å². The van der Waals surface area contributed by atoms with Gasteiger partial charge in [0, 0.05) is 0 Å². The molecule has 0 atom stereocenters. The zero-order valence-corrected chi connectivity index (χ0v) is 11.0. The van der Waals surface area contributed by atoms with Crippen LogP contribution in [0, 0.1) is 6.92 Å². The van der Waals surface area contributed by atoms with Crippen LogP contribution in [0.15, 0.2) is 42.2 Å². The Morgan fingerprint density at radius 1 is 1.35 bits per heavy atom. The largest absolute Gasteiger partial charge is 0.421 e. The first-order valence-electron chi connectivity index (χ1n) is 6.17. The molecule has 0 unspecified atom stereocenters. The lowest BCUT2D eigenvalue weighted by Crippen LogP contribution is -1.90. The second-order valence-corrected chi connectivity index (χ2v) is 4.29. The second-order valence-electron chi connectivity index (χ2n) is 4.29. The first-order valence-corrected chi connectivity index (χ1v) is 6.17. The highest BCUT2D eigenvalue weighted by atomic mass is 16.5. The number of hydrogen-bond donors (Lipinski definition) is 1. The average molecular weight is 272 g/mol. The molecule has 1 N–H and O–H groups in total. The van der Waals surface area contributed by atoms with Gasteiger partial charge in [-0.3, -0.25) is 0 Å². The van der Waals surface area contributed by atoms with E-state index in [0.717, 1.165) is 5.56 Å². The van der Waals surface area contributed by atoms with Crippen molar-refractivity contribution in [3.05, 3.63) is 39.9 Å². The first-order chi connectivity index (χ1) is 9.69. The Labute approximate surface area is 113 Å². The minimum absolute atomic E-state index is 0.108. The molecule has 0 radical (unpaired) electrons. The van der Waals surface area contributed by atoms with E-state index in [0.29, 0.717) is 23.2 Å². The number of nitrogens with zero attached hydrogens (tertiary/aromatic N) is 3. The summed E-state index contributed by atoms with van der Waals surface area (Å²) in [5.74, 6) is 0. The van der Waals surface area contributed by atoms with Gasteiger partial charge in [-0.1, -0.05) is 24.2 Å². The molecule has 0 spiro atoms. The van der Waals surface area contributed by atoms with Crippen LogP contribution in [0.3, 0.4) is 0 Å². The van der Waals surface area contributed by atoms with Crippen molar-refractivity contribution in [2.45, 2.75) is 20.3 Å². The summed E-state index contributed by atoms with van der Waals surface area (Å²) in [6, 6.07) is 5.74. The topological polar surface area (TPSA) is 96.8 Å². The van der Waals surface area contributed by atoms with E-state index in [-0.39, 0.29) is 11.7 Å². The molecule has 7 nitrogen and oxygen atoms in total. The molecule has 3 rings (SSSR count). The van der Waals surface area contributed by atoms with Crippen molar-refractivity contribution in [3.63, 3.8) is 0 Å². The maximum absolute atomic E-state index is 11.4. The molecular weight excluding hydrogens is 260 g/mol. The van der Waals surface area contributed by atoms with E-state index < -0.39 is 5.63 Å². The van der Waals surface area contributed by atoms with E-state index in [1.54, 1.807) is 0 Å². The summed E-state index contributed by atoms with van der Waals surface area (Å²) in [4.78, 5) is 15.6. The third kappa shape index (κ3) is 2.03. The summed E-state index contributed by atoms with van der Waals surface area (Å²) < 4.78 is 10.2. The number of oxazole rings is 1. The van der Waals surface area contributed by atoms with Crippen LogP contribution in [0.5, 0.6) is 0 Å². The van der Waals surface area contributed by atoms with Crippen molar-refractivity contribution in [2.75, 3.05) is 0 Å². The maximum atomic E-state index is 11.4. The van der Waals surface area contributed by atoms with Crippen molar-refractivity contribution in [3.8, 4) is 0 Å². The lowest BCUT2D eigenvalue weighted by atomic mass is 10.2. The van der Waals surface area contributed by atoms with Gasteiger partial charge >= 0.3 is 11.6 Å². The van der Waals surface area contributed by atoms with Gasteiger partial charge in [0.05, 0.1) is 5.69 Å². The quantitative estimate of drug-likeness (QED) is 0.739. The van der Waals surface area contributed by atoms with E-state index in [2.05, 4.69) is 24.9 Å². The summed E-state index contributed by atoms with van der Waals surface area (Å²) >= 11 is 0. The summed E-state index contributed by atoms with van der Waals surface area (Å²) in [7, 11) is 0. The van der Waals surface area contributed by atoms with Crippen LogP contribution < -0.4 is 5.63 Å². The van der Waals surface area contributed by atoms with E-state index in [9.17, 15) is 4.79 Å². The van der Waals surface area contributed by atoms with Gasteiger partial charge < -0.3 is 8.94 Å². The zero-order valence-electron chi connectivity index (χ0n) is 11.0. The minimum atomic E-state index is -0.558. The van der Waals surface area contributed by atoms with Gasteiger partial charge in [0.15, 0.2) is 11.3 Å². The fourth-order valence-electron chi connectivity index (χ4n) is 1.88. The molecule has 0 aliphatic heterocycles. The molecule has 0 bridgehead atoms. The fraction of sp³-hybridized carbons (Fsp3) is 0.231. The zero-order chi connectivity index (χ0) is 14.1. The Hall–Kier alpha value is -2.70. The van der Waals surface area contributed by atoms with Crippen molar-refractivity contribution in [2.24, 2.45) is 10.2 Å². The van der Waals surface area contributed by atoms with Crippen LogP contribution >= 0.6 is 0 Å². The Bertz CT molecular complexity index is 841. The van der Waals surface area contributed by atoms with Crippen LogP contribution in [0.4, 0.5) is 11.7 Å². The predicted molar refractivity (Wildman–Crippen MR) is 71.6 cm³/mol. The lowest BCUT2D eigenvalue weighted by molar-refractivity contribution is 0.386. The molecule has 102 valence electrons. The lowest BCUT2D eigenvalue weighted by Gasteiger charge is -1.89. The number of fused-ring (bicyclic) bond motifs is 1. The SMILES string of the molecule is CCc1[nH]oc(=O)c1N=Nc1nc2cccc(C)c2o1. The van der Waals surface area contributed by atoms with Gasteiger partial charge in [0.25, 0.3) is 0 Å². The Morgan fingerprint density at radius 3 is 2.95 bits per heavy atom. The molecule has 2 aromatic heterocycles. The molecule has 0 fully saturated rings. The molecule has 3 aromatic rings. The third-order valence-corrected chi connectivity index (χ3v) is 2.94. The number of aromatic amines is 1. The maximum Gasteiger partial charge on any atom is 0.384 e. The molecule has 2 heterocycles. The molecule has 0 saturated carbocycles. The second kappa shape index (κ2) is 4.76. The molecule has 0 amide bonds. The normalized spacial score (nSPS) is 11.7. The fourth-order valence-corrected chi connectivity index (χ4v) is 1.88. The molecule has 1 aromatic carbocycles. The van der Waals surface area contributed by atoms with E-state index in [1.807, 2.05) is 32.0 Å². The molecular formula is C13H12N4O3. The number of H-pyrrole nitrogens is 1. The Kier molecular flexibility index (Phi) is 2.94. The van der Waals surface area contributed by atoms with Gasteiger partial charge in [0.2, 0.25) is 0 Å². The van der Waals surface area contributed by atoms with Crippen LogP contribution in [0.25, 0.3) is 11.1 Å². The number of nitrogens with one attached hydrogen (secondary N) is 1. The molecule has 0 saturated heterocycles. The highest BCUT2D eigenvalue weighted by molar-refractivity contribution is 5.77. The molecule has 7 heteroatoms. The standard InChI is InChI=1S/C13H12N4O3/c1-3-8-10(12(18)20-17-8)15-16-13-14-9-6-4-5-7(2)11(9)19-13/h4-6,17H,3H2,1-2H3. The monoisotopic (exact) mass is 272 g/mol. The van der Waals surface area contributed by atoms with Gasteiger partial charge in [-0.15, -0.1) is 5.11 Å². The van der Waals surface area contributed by atoms with Gasteiger partial charge in [-0.05, 0) is 25.0 Å². The van der Waals surface area contributed by atoms with Crippen LogP contribution in [0.2, 0.25) is 0 Å². The average Bonchev–Trinajstić information content (AvgIpc) is 3.00. The Balaban J connectivity index is 2.00. The highest BCUT2D eigenvalue weighted by Gasteiger charge is 2.11. The number of benzene rings is 1. The van der Waals surface area contributed by atoms with E-state index in [4.69, 9.17) is 4.42 Å². The first kappa shape index (κ1) is 12.3. The van der Waals surface area contributed by atoms with Crippen molar-refractivity contribution in [1.29, 1.82) is 0 Å². The number of aryl methyl sites for hydroxylation is 2. The molecule has 20 heavy (non-hydrogen) atoms. The number of azo groups is 1. The number of hydrogen-bond acceptors (Lipinski definition) is 6. The summed E-state index contributed by atoms with van der Waals surface area (Å²) in [6.45, 7) is 3.80. The van der Waals surface area contributed by atoms with Gasteiger partial charge in [-0.2, -0.15) is 4.98 Å². The van der Waals surface area contributed by atoms with Gasteiger partial charge in [0.1, 0.15) is 5.52 Å². The van der Waals surface area contributed by atoms with Crippen molar-refractivity contribution in [1.82, 2.24) is 10.1 Å². The minimum Gasteiger partial charge on any atom is -0.421 e. The number of aromatic nitrogens is 2. The predicted octanol–water partition coefficient (Wildman–Crippen LogP) is 3.40. The molecule has 0 aliphatic rings. The van der Waals surface area contributed by atoms with Crippen molar-refractivity contribution >= 4 is 22.8 Å². The van der Waals surface area contributed by atoms with E-state index in [1.165, 1.54) is 0 Å². The van der Waals surface area contributed by atoms with Crippen LogP contribution in [-0.4, -0.2) is 10.1 Å². The summed E-state index contributed by atoms with van der Waals surface area (Å²) in [5, 5.41) is 10.2. The number of para-hydroxylation sites is 1. The third-order valence-electron chi connectivity index (χ3n) is 2.94. The van der Waals surface area contributed by atoms with E-state index >= 15 is 0 Å². The Morgan fingerprint density at radius 2 is 2.20 bits per heavy atom. The highest BCUT2D eigenvalue weighted by Crippen LogP contribution is 2.25. The van der Waals surface area contributed by atoms with Crippen molar-refractivity contribution < 1.29 is 8.94 Å². The van der Waals surface area contributed by atoms with Crippen LogP contribution in [-0.2, 0) is 6.42 Å².